The van der Waals surface area contributed by atoms with Crippen molar-refractivity contribution >= 4 is 11.0 Å². The van der Waals surface area contributed by atoms with Crippen molar-refractivity contribution < 1.29 is 4.21 Å². The molecular formula is C6H7NOS. The minimum absolute atomic E-state index is 0.642. The molecule has 0 radical (unpaired) electrons. The highest BCUT2D eigenvalue weighted by molar-refractivity contribution is 7.85. The number of rotatable bonds is 0. The molecule has 1 aliphatic rings. The Bertz CT molecular complexity index is 214. The van der Waals surface area contributed by atoms with Crippen LogP contribution in [0, 0.1) is 12.3 Å². The Labute approximate surface area is 57.1 Å². The van der Waals surface area contributed by atoms with E-state index in [4.69, 9.17) is 6.42 Å². The average Bonchev–Trinajstić information content (AvgIpc) is 2.13. The average molecular weight is 141 g/mol. The Balaban J connectivity index is 2.77. The van der Waals surface area contributed by atoms with Gasteiger partial charge in [0.05, 0.1) is 0 Å². The highest BCUT2D eigenvalue weighted by atomic mass is 32.2. The predicted molar refractivity (Wildman–Crippen MR) is 37.7 cm³/mol. The van der Waals surface area contributed by atoms with Gasteiger partial charge in [-0.3, -0.25) is 0 Å². The van der Waals surface area contributed by atoms with Gasteiger partial charge in [0.1, 0.15) is 11.0 Å². The zero-order valence-electron chi connectivity index (χ0n) is 5.13. The van der Waals surface area contributed by atoms with Crippen LogP contribution in [-0.4, -0.2) is 22.1 Å². The first-order valence-electron chi connectivity index (χ1n) is 2.53. The predicted octanol–water partition coefficient (Wildman–Crippen LogP) is 0.113. The fourth-order valence-electron chi connectivity index (χ4n) is 0.632. The Hall–Kier alpha value is -0.590. The number of hydrogen-bond acceptors (Lipinski definition) is 1. The van der Waals surface area contributed by atoms with Crippen molar-refractivity contribution in [2.24, 2.45) is 0 Å². The summed E-state index contributed by atoms with van der Waals surface area (Å²) in [5.74, 6) is 2.45. The standard InChI is InChI=1S/C6H7NOS/c1-3-6-4-7(2)9(8)5-6/h1,5H,4H2,2H3. The van der Waals surface area contributed by atoms with E-state index >= 15 is 0 Å². The van der Waals surface area contributed by atoms with E-state index in [1.165, 1.54) is 0 Å². The molecule has 1 rings (SSSR count). The zero-order chi connectivity index (χ0) is 6.85. The van der Waals surface area contributed by atoms with Crippen molar-refractivity contribution in [1.29, 1.82) is 0 Å². The normalized spacial score (nSPS) is 27.6. The third-order valence-electron chi connectivity index (χ3n) is 1.13. The molecule has 1 unspecified atom stereocenters. The van der Waals surface area contributed by atoms with E-state index in [0.717, 1.165) is 5.57 Å². The fraction of sp³-hybridized carbons (Fsp3) is 0.333. The van der Waals surface area contributed by atoms with Crippen LogP contribution in [0.2, 0.25) is 0 Å². The molecule has 0 aromatic heterocycles. The second-order valence-electron chi connectivity index (χ2n) is 1.85. The molecule has 1 aliphatic heterocycles. The van der Waals surface area contributed by atoms with Crippen LogP contribution in [-0.2, 0) is 11.0 Å². The van der Waals surface area contributed by atoms with E-state index in [1.54, 1.807) is 16.8 Å². The second-order valence-corrected chi connectivity index (χ2v) is 3.26. The van der Waals surface area contributed by atoms with Gasteiger partial charge < -0.3 is 0 Å². The fourth-order valence-corrected chi connectivity index (χ4v) is 1.46. The number of likely N-dealkylation sites (N-methyl/N-ethyl adjacent to an activating group) is 1. The smallest absolute Gasteiger partial charge is 0.121 e. The van der Waals surface area contributed by atoms with E-state index in [-0.39, 0.29) is 0 Å². The van der Waals surface area contributed by atoms with E-state index in [2.05, 4.69) is 5.92 Å². The van der Waals surface area contributed by atoms with Gasteiger partial charge in [-0.05, 0) is 0 Å². The number of hydrogen-bond donors (Lipinski definition) is 0. The van der Waals surface area contributed by atoms with Crippen molar-refractivity contribution in [2.45, 2.75) is 0 Å². The molecule has 0 fully saturated rings. The van der Waals surface area contributed by atoms with Crippen molar-refractivity contribution in [3.8, 4) is 12.3 Å². The third kappa shape index (κ3) is 1.21. The third-order valence-corrected chi connectivity index (χ3v) is 2.36. The Morgan fingerprint density at radius 2 is 2.67 bits per heavy atom. The van der Waals surface area contributed by atoms with Crippen molar-refractivity contribution in [3.63, 3.8) is 0 Å². The minimum Gasteiger partial charge on any atom is -0.238 e. The molecule has 0 amide bonds. The largest absolute Gasteiger partial charge is 0.238 e. The van der Waals surface area contributed by atoms with Crippen LogP contribution in [0.25, 0.3) is 0 Å². The summed E-state index contributed by atoms with van der Waals surface area (Å²) in [7, 11) is 0.806. The van der Waals surface area contributed by atoms with Crippen LogP contribution in [0.1, 0.15) is 0 Å². The van der Waals surface area contributed by atoms with E-state index in [0.29, 0.717) is 6.54 Å². The first-order valence-corrected chi connectivity index (χ1v) is 3.70. The monoisotopic (exact) mass is 141 g/mol. The van der Waals surface area contributed by atoms with Gasteiger partial charge >= 0.3 is 0 Å². The summed E-state index contributed by atoms with van der Waals surface area (Å²) in [5.41, 5.74) is 0.816. The van der Waals surface area contributed by atoms with E-state index in [1.807, 2.05) is 0 Å². The van der Waals surface area contributed by atoms with Crippen LogP contribution >= 0.6 is 0 Å². The topological polar surface area (TPSA) is 20.3 Å². The molecule has 0 aromatic carbocycles. The van der Waals surface area contributed by atoms with Gasteiger partial charge in [-0.25, -0.2) is 8.51 Å². The molecule has 3 heteroatoms. The lowest BCUT2D eigenvalue weighted by Gasteiger charge is -2.01. The van der Waals surface area contributed by atoms with Crippen molar-refractivity contribution in [1.82, 2.24) is 4.31 Å². The molecule has 0 saturated carbocycles. The maximum absolute atomic E-state index is 10.8. The lowest BCUT2D eigenvalue weighted by atomic mass is 10.3. The van der Waals surface area contributed by atoms with Crippen LogP contribution in [0.3, 0.4) is 0 Å². The van der Waals surface area contributed by atoms with Crippen molar-refractivity contribution in [3.05, 3.63) is 11.0 Å². The second kappa shape index (κ2) is 2.34. The van der Waals surface area contributed by atoms with Crippen molar-refractivity contribution in [2.75, 3.05) is 13.6 Å². The molecule has 0 bridgehead atoms. The zero-order valence-corrected chi connectivity index (χ0v) is 5.94. The van der Waals surface area contributed by atoms with Gasteiger partial charge in [-0.2, -0.15) is 0 Å². The first kappa shape index (κ1) is 6.53. The van der Waals surface area contributed by atoms with Crippen LogP contribution < -0.4 is 0 Å². The SMILES string of the molecule is C#CC1=CS(=O)N(C)C1. The molecule has 9 heavy (non-hydrogen) atoms. The molecule has 48 valence electrons. The highest BCUT2D eigenvalue weighted by Gasteiger charge is 2.14. The molecule has 0 aliphatic carbocycles. The molecule has 0 N–H and O–H groups in total. The van der Waals surface area contributed by atoms with Crippen LogP contribution in [0.15, 0.2) is 11.0 Å². The van der Waals surface area contributed by atoms with Gasteiger partial charge in [-0.15, -0.1) is 6.42 Å². The Kier molecular flexibility index (Phi) is 1.70. The summed E-state index contributed by atoms with van der Waals surface area (Å²) in [6.45, 7) is 0.642. The Morgan fingerprint density at radius 3 is 2.89 bits per heavy atom. The molecular weight excluding hydrogens is 134 g/mol. The van der Waals surface area contributed by atoms with Gasteiger partial charge in [0, 0.05) is 24.6 Å². The van der Waals surface area contributed by atoms with Gasteiger partial charge in [0.25, 0.3) is 0 Å². The summed E-state index contributed by atoms with van der Waals surface area (Å²) in [6.07, 6.45) is 5.08. The lowest BCUT2D eigenvalue weighted by Crippen LogP contribution is -2.14. The molecule has 2 nitrogen and oxygen atoms in total. The van der Waals surface area contributed by atoms with Gasteiger partial charge in [0.2, 0.25) is 0 Å². The van der Waals surface area contributed by atoms with Gasteiger partial charge in [-0.1, -0.05) is 5.92 Å². The molecule has 0 aromatic rings. The quantitative estimate of drug-likeness (QED) is 0.438. The molecule has 0 spiro atoms. The maximum atomic E-state index is 10.8. The maximum Gasteiger partial charge on any atom is 0.121 e. The first-order chi connectivity index (χ1) is 4.24. The number of nitrogens with zero attached hydrogens (tertiary/aromatic N) is 1. The van der Waals surface area contributed by atoms with E-state index in [9.17, 15) is 4.21 Å². The minimum atomic E-state index is -0.969. The lowest BCUT2D eigenvalue weighted by molar-refractivity contribution is 0.582. The van der Waals surface area contributed by atoms with E-state index < -0.39 is 11.0 Å². The molecule has 1 heterocycles. The summed E-state index contributed by atoms with van der Waals surface area (Å²) in [4.78, 5) is 0. The summed E-state index contributed by atoms with van der Waals surface area (Å²) >= 11 is 0. The molecule has 0 saturated heterocycles. The summed E-state index contributed by atoms with van der Waals surface area (Å²) < 4.78 is 12.5. The van der Waals surface area contributed by atoms with Gasteiger partial charge in [0.15, 0.2) is 0 Å². The highest BCUT2D eigenvalue weighted by Crippen LogP contribution is 2.09. The van der Waals surface area contributed by atoms with Crippen LogP contribution in [0.5, 0.6) is 0 Å². The Morgan fingerprint density at radius 1 is 2.00 bits per heavy atom. The molecule has 1 atom stereocenters. The number of terminal acetylenes is 1. The summed E-state index contributed by atoms with van der Waals surface area (Å²) in [5, 5.41) is 1.60. The summed E-state index contributed by atoms with van der Waals surface area (Å²) in [6, 6.07) is 0. The van der Waals surface area contributed by atoms with Crippen LogP contribution in [0.4, 0.5) is 0 Å².